The number of alkyl halides is 3. The lowest BCUT2D eigenvalue weighted by Gasteiger charge is -2.11. The number of nitrogens with zero attached hydrogens (tertiary/aromatic N) is 1. The van der Waals surface area contributed by atoms with Crippen molar-refractivity contribution >= 4 is 11.6 Å². The Hall–Kier alpha value is -2.57. The molecule has 4 nitrogen and oxygen atoms in total. The number of carbonyl (C=O) groups is 1. The molecule has 1 amide bonds. The van der Waals surface area contributed by atoms with Crippen molar-refractivity contribution in [3.63, 3.8) is 0 Å². The first-order chi connectivity index (χ1) is 10.2. The van der Waals surface area contributed by atoms with Gasteiger partial charge < -0.3 is 10.4 Å². The molecule has 0 radical (unpaired) electrons. The minimum absolute atomic E-state index is 0.00738. The smallest absolute Gasteiger partial charge is 0.433 e. The lowest BCUT2D eigenvalue weighted by Crippen LogP contribution is -2.16. The number of pyridine rings is 1. The van der Waals surface area contributed by atoms with Gasteiger partial charge in [0.05, 0.1) is 16.9 Å². The van der Waals surface area contributed by atoms with Crippen LogP contribution in [0.3, 0.4) is 0 Å². The number of carbonyl (C=O) groups excluding carboxylic acids is 1. The molecule has 1 heterocycles. The lowest BCUT2D eigenvalue weighted by molar-refractivity contribution is -0.141. The Bertz CT molecular complexity index is 727. The van der Waals surface area contributed by atoms with E-state index >= 15 is 0 Å². The highest BCUT2D eigenvalue weighted by Crippen LogP contribution is 2.29. The molecule has 7 heteroatoms. The fraction of sp³-hybridized carbons (Fsp3) is 0.200. The van der Waals surface area contributed by atoms with E-state index in [1.165, 1.54) is 19.1 Å². The van der Waals surface area contributed by atoms with Crippen LogP contribution in [0.4, 0.5) is 18.9 Å². The number of phenols is 1. The third-order valence-corrected chi connectivity index (χ3v) is 3.02. The number of benzene rings is 1. The quantitative estimate of drug-likeness (QED) is 0.832. The fourth-order valence-corrected chi connectivity index (χ4v) is 1.90. The largest absolute Gasteiger partial charge is 0.506 e. The number of hydrogen-bond acceptors (Lipinski definition) is 3. The minimum atomic E-state index is -4.56. The number of halogens is 3. The van der Waals surface area contributed by atoms with Crippen LogP contribution in [0.15, 0.2) is 30.3 Å². The molecule has 1 aromatic heterocycles. The second-order valence-electron chi connectivity index (χ2n) is 4.80. The molecule has 0 aliphatic carbocycles. The number of phenolic OH excluding ortho intramolecular Hbond substituents is 1. The van der Waals surface area contributed by atoms with Crippen molar-refractivity contribution < 1.29 is 23.1 Å². The predicted molar refractivity (Wildman–Crippen MR) is 74.8 cm³/mol. The van der Waals surface area contributed by atoms with E-state index in [9.17, 15) is 23.1 Å². The van der Waals surface area contributed by atoms with Gasteiger partial charge in [-0.2, -0.15) is 13.2 Å². The maximum absolute atomic E-state index is 12.5. The molecule has 0 spiro atoms. The van der Waals surface area contributed by atoms with Crippen molar-refractivity contribution in [3.05, 3.63) is 52.8 Å². The van der Waals surface area contributed by atoms with Crippen LogP contribution >= 0.6 is 0 Å². The molecule has 1 aromatic carbocycles. The van der Waals surface area contributed by atoms with Gasteiger partial charge in [0, 0.05) is 0 Å². The summed E-state index contributed by atoms with van der Waals surface area (Å²) in [6, 6.07) is 6.47. The zero-order valence-corrected chi connectivity index (χ0v) is 11.8. The number of aryl methyl sites for hydroxylation is 2. The second kappa shape index (κ2) is 5.67. The first kappa shape index (κ1) is 15.8. The molecule has 0 unspecified atom stereocenters. The van der Waals surface area contributed by atoms with Crippen LogP contribution in [0.5, 0.6) is 5.75 Å². The van der Waals surface area contributed by atoms with Gasteiger partial charge in [-0.05, 0) is 43.7 Å². The van der Waals surface area contributed by atoms with Crippen molar-refractivity contribution in [2.75, 3.05) is 5.32 Å². The van der Waals surface area contributed by atoms with E-state index in [0.717, 1.165) is 17.7 Å². The molecule has 0 aliphatic rings. The standard InChI is InChI=1S/C15H13F3N2O2/c1-8-3-5-11(12(21)7-8)20-14(22)10-4-6-13(15(16,17)18)19-9(10)2/h3-7,21H,1-2H3,(H,20,22). The molecule has 0 bridgehead atoms. The number of hydrogen-bond donors (Lipinski definition) is 2. The molecular weight excluding hydrogens is 297 g/mol. The Balaban J connectivity index is 2.26. The summed E-state index contributed by atoms with van der Waals surface area (Å²) in [7, 11) is 0. The Kier molecular flexibility index (Phi) is 4.07. The summed E-state index contributed by atoms with van der Waals surface area (Å²) in [5.41, 5.74) is -0.107. The Morgan fingerprint density at radius 3 is 2.41 bits per heavy atom. The molecule has 0 atom stereocenters. The first-order valence-corrected chi connectivity index (χ1v) is 6.34. The second-order valence-corrected chi connectivity index (χ2v) is 4.80. The Morgan fingerprint density at radius 2 is 1.86 bits per heavy atom. The van der Waals surface area contributed by atoms with Crippen molar-refractivity contribution in [2.45, 2.75) is 20.0 Å². The van der Waals surface area contributed by atoms with E-state index in [4.69, 9.17) is 0 Å². The van der Waals surface area contributed by atoms with E-state index in [-0.39, 0.29) is 22.7 Å². The van der Waals surface area contributed by atoms with Gasteiger partial charge in [-0.15, -0.1) is 0 Å². The molecule has 22 heavy (non-hydrogen) atoms. The van der Waals surface area contributed by atoms with Gasteiger partial charge in [-0.3, -0.25) is 4.79 Å². The van der Waals surface area contributed by atoms with E-state index in [1.54, 1.807) is 13.0 Å². The highest BCUT2D eigenvalue weighted by Gasteiger charge is 2.33. The first-order valence-electron chi connectivity index (χ1n) is 6.34. The molecule has 2 rings (SSSR count). The summed E-state index contributed by atoms with van der Waals surface area (Å²) in [6.07, 6.45) is -4.56. The summed E-state index contributed by atoms with van der Waals surface area (Å²) >= 11 is 0. The van der Waals surface area contributed by atoms with Gasteiger partial charge in [0.25, 0.3) is 5.91 Å². The van der Waals surface area contributed by atoms with Gasteiger partial charge in [0.15, 0.2) is 0 Å². The topological polar surface area (TPSA) is 62.2 Å². The number of nitrogens with one attached hydrogen (secondary N) is 1. The van der Waals surface area contributed by atoms with Gasteiger partial charge >= 0.3 is 6.18 Å². The third-order valence-electron chi connectivity index (χ3n) is 3.02. The van der Waals surface area contributed by atoms with Crippen LogP contribution in [0.25, 0.3) is 0 Å². The summed E-state index contributed by atoms with van der Waals surface area (Å²) in [5.74, 6) is -0.760. The summed E-state index contributed by atoms with van der Waals surface area (Å²) < 4.78 is 37.6. The van der Waals surface area contributed by atoms with Crippen LogP contribution in [-0.4, -0.2) is 16.0 Å². The zero-order valence-electron chi connectivity index (χ0n) is 11.8. The van der Waals surface area contributed by atoms with Crippen LogP contribution in [-0.2, 0) is 6.18 Å². The molecule has 0 saturated carbocycles. The Morgan fingerprint density at radius 1 is 1.18 bits per heavy atom. The van der Waals surface area contributed by atoms with E-state index < -0.39 is 17.8 Å². The van der Waals surface area contributed by atoms with Crippen molar-refractivity contribution in [1.29, 1.82) is 0 Å². The molecule has 0 saturated heterocycles. The van der Waals surface area contributed by atoms with Crippen molar-refractivity contribution in [1.82, 2.24) is 4.98 Å². The summed E-state index contributed by atoms with van der Waals surface area (Å²) in [5, 5.41) is 12.2. The van der Waals surface area contributed by atoms with E-state index in [0.29, 0.717) is 0 Å². The summed E-state index contributed by atoms with van der Waals surface area (Å²) in [4.78, 5) is 15.5. The maximum atomic E-state index is 12.5. The van der Waals surface area contributed by atoms with E-state index in [2.05, 4.69) is 10.3 Å². The van der Waals surface area contributed by atoms with Gasteiger partial charge in [-0.1, -0.05) is 6.07 Å². The van der Waals surface area contributed by atoms with Crippen LogP contribution in [0.2, 0.25) is 0 Å². The third kappa shape index (κ3) is 3.36. The molecule has 2 aromatic rings. The maximum Gasteiger partial charge on any atom is 0.433 e. The van der Waals surface area contributed by atoms with Gasteiger partial charge in [-0.25, -0.2) is 4.98 Å². The van der Waals surface area contributed by atoms with Gasteiger partial charge in [0.2, 0.25) is 0 Å². The molecule has 116 valence electrons. The summed E-state index contributed by atoms with van der Waals surface area (Å²) in [6.45, 7) is 3.09. The molecule has 0 fully saturated rings. The van der Waals surface area contributed by atoms with E-state index in [1.807, 2.05) is 0 Å². The lowest BCUT2D eigenvalue weighted by atomic mass is 10.1. The highest BCUT2D eigenvalue weighted by atomic mass is 19.4. The molecule has 0 aliphatic heterocycles. The van der Waals surface area contributed by atoms with Crippen molar-refractivity contribution in [2.24, 2.45) is 0 Å². The van der Waals surface area contributed by atoms with Gasteiger partial charge in [0.1, 0.15) is 11.4 Å². The zero-order chi connectivity index (χ0) is 16.5. The van der Waals surface area contributed by atoms with Crippen LogP contribution < -0.4 is 5.32 Å². The SMILES string of the molecule is Cc1ccc(NC(=O)c2ccc(C(F)(F)F)nc2C)c(O)c1. The Labute approximate surface area is 124 Å². The van der Waals surface area contributed by atoms with Crippen molar-refractivity contribution in [3.8, 4) is 5.75 Å². The average molecular weight is 310 g/mol. The molecule has 2 N–H and O–H groups in total. The monoisotopic (exact) mass is 310 g/mol. The minimum Gasteiger partial charge on any atom is -0.506 e. The normalized spacial score (nSPS) is 11.3. The molecular formula is C15H13F3N2O2. The number of rotatable bonds is 2. The number of amides is 1. The number of aromatic hydroxyl groups is 1. The average Bonchev–Trinajstić information content (AvgIpc) is 2.40. The highest BCUT2D eigenvalue weighted by molar-refractivity contribution is 6.05. The van der Waals surface area contributed by atoms with Crippen LogP contribution in [0, 0.1) is 13.8 Å². The number of anilines is 1. The van der Waals surface area contributed by atoms with Crippen LogP contribution in [0.1, 0.15) is 27.3 Å². The number of aromatic nitrogens is 1. The fourth-order valence-electron chi connectivity index (χ4n) is 1.90. The predicted octanol–water partition coefficient (Wildman–Crippen LogP) is 3.68.